The van der Waals surface area contributed by atoms with E-state index in [4.69, 9.17) is 11.5 Å². The smallest absolute Gasteiger partial charge is 0.296 e. The van der Waals surface area contributed by atoms with Crippen LogP contribution in [0.2, 0.25) is 0 Å². The van der Waals surface area contributed by atoms with E-state index in [1.165, 1.54) is 12.1 Å². The number of aromatic amines is 1. The van der Waals surface area contributed by atoms with Crippen molar-refractivity contribution < 1.29 is 9.59 Å². The zero-order valence-electron chi connectivity index (χ0n) is 8.78. The summed E-state index contributed by atoms with van der Waals surface area (Å²) in [6.07, 6.45) is 0. The average Bonchev–Trinajstić information content (AvgIpc) is 2.65. The van der Waals surface area contributed by atoms with Crippen LogP contribution in [-0.4, -0.2) is 29.3 Å². The maximum atomic E-state index is 11.4. The lowest BCUT2D eigenvalue weighted by molar-refractivity contribution is 0.0951. The molecule has 0 radical (unpaired) electrons. The molecule has 0 unspecified atom stereocenters. The lowest BCUT2D eigenvalue weighted by Crippen LogP contribution is -2.24. The first-order chi connectivity index (χ1) is 7.54. The van der Waals surface area contributed by atoms with Crippen LogP contribution in [0.25, 0.3) is 0 Å². The Morgan fingerprint density at radius 1 is 1.38 bits per heavy atom. The molecule has 0 fully saturated rings. The topological polar surface area (TPSA) is 126 Å². The Morgan fingerprint density at radius 3 is 2.56 bits per heavy atom. The lowest BCUT2D eigenvalue weighted by Gasteiger charge is -1.97. The Balaban J connectivity index is 2.83. The molecule has 0 saturated heterocycles. The van der Waals surface area contributed by atoms with E-state index in [-0.39, 0.29) is 23.3 Å². The van der Waals surface area contributed by atoms with Gasteiger partial charge in [-0.2, -0.15) is 4.99 Å². The van der Waals surface area contributed by atoms with Gasteiger partial charge >= 0.3 is 0 Å². The van der Waals surface area contributed by atoms with Crippen molar-refractivity contribution in [3.8, 4) is 0 Å². The number of hydrogen-bond donors (Lipinski definition) is 4. The Kier molecular flexibility index (Phi) is 3.65. The zero-order valence-corrected chi connectivity index (χ0v) is 8.78. The Bertz CT molecular complexity index is 431. The molecular weight excluding hydrogens is 210 g/mol. The first-order valence-corrected chi connectivity index (χ1v) is 4.65. The van der Waals surface area contributed by atoms with Crippen LogP contribution < -0.4 is 16.8 Å². The third-order valence-electron chi connectivity index (χ3n) is 1.73. The van der Waals surface area contributed by atoms with Gasteiger partial charge in [-0.25, -0.2) is 0 Å². The minimum absolute atomic E-state index is 0.162. The standard InChI is InChI=1S/C9H13N5O2/c1-2-12-7(15)5-3-4-6(13-5)8(16)14-9(10)11/h3-4,13H,2H2,1H3,(H,12,15)(H4,10,11,14,16). The molecule has 7 heteroatoms. The van der Waals surface area contributed by atoms with E-state index < -0.39 is 5.91 Å². The molecule has 0 aliphatic heterocycles. The number of guanidine groups is 1. The van der Waals surface area contributed by atoms with E-state index in [0.717, 1.165) is 0 Å². The Hall–Kier alpha value is -2.31. The summed E-state index contributed by atoms with van der Waals surface area (Å²) in [5.41, 5.74) is 10.6. The molecule has 16 heavy (non-hydrogen) atoms. The molecule has 1 aromatic rings. The van der Waals surface area contributed by atoms with Crippen molar-refractivity contribution in [1.82, 2.24) is 10.3 Å². The highest BCUT2D eigenvalue weighted by atomic mass is 16.2. The molecule has 2 amide bonds. The van der Waals surface area contributed by atoms with Gasteiger partial charge in [0.15, 0.2) is 5.96 Å². The maximum absolute atomic E-state index is 11.4. The van der Waals surface area contributed by atoms with Crippen molar-refractivity contribution in [3.05, 3.63) is 23.5 Å². The second kappa shape index (κ2) is 4.96. The number of nitrogens with two attached hydrogens (primary N) is 2. The second-order valence-electron chi connectivity index (χ2n) is 2.99. The molecule has 0 aromatic carbocycles. The predicted octanol–water partition coefficient (Wildman–Crippen LogP) is -0.822. The van der Waals surface area contributed by atoms with E-state index in [9.17, 15) is 9.59 Å². The van der Waals surface area contributed by atoms with Crippen LogP contribution >= 0.6 is 0 Å². The molecule has 0 aliphatic carbocycles. The monoisotopic (exact) mass is 223 g/mol. The molecule has 6 N–H and O–H groups in total. The van der Waals surface area contributed by atoms with E-state index in [2.05, 4.69) is 15.3 Å². The first-order valence-electron chi connectivity index (χ1n) is 4.65. The fraction of sp³-hybridized carbons (Fsp3) is 0.222. The minimum atomic E-state index is -0.615. The summed E-state index contributed by atoms with van der Waals surface area (Å²) in [7, 11) is 0. The van der Waals surface area contributed by atoms with Crippen LogP contribution in [0.4, 0.5) is 0 Å². The van der Waals surface area contributed by atoms with Crippen molar-refractivity contribution in [2.75, 3.05) is 6.54 Å². The Morgan fingerprint density at radius 2 is 2.00 bits per heavy atom. The molecule has 0 saturated carbocycles. The van der Waals surface area contributed by atoms with Gasteiger partial charge in [0.2, 0.25) is 0 Å². The Labute approximate surface area is 91.9 Å². The number of carbonyl (C=O) groups excluding carboxylic acids is 2. The quantitative estimate of drug-likeness (QED) is 0.394. The molecule has 1 rings (SSSR count). The van der Waals surface area contributed by atoms with E-state index in [1.54, 1.807) is 6.92 Å². The van der Waals surface area contributed by atoms with E-state index >= 15 is 0 Å². The number of hydrogen-bond acceptors (Lipinski definition) is 2. The van der Waals surface area contributed by atoms with Crippen molar-refractivity contribution in [1.29, 1.82) is 0 Å². The molecule has 1 aromatic heterocycles. The normalized spacial score (nSPS) is 9.56. The summed E-state index contributed by atoms with van der Waals surface area (Å²) >= 11 is 0. The number of amides is 2. The summed E-state index contributed by atoms with van der Waals surface area (Å²) < 4.78 is 0. The third-order valence-corrected chi connectivity index (χ3v) is 1.73. The van der Waals surface area contributed by atoms with Crippen LogP contribution in [0.3, 0.4) is 0 Å². The molecule has 0 bridgehead atoms. The highest BCUT2D eigenvalue weighted by Crippen LogP contribution is 2.03. The van der Waals surface area contributed by atoms with Crippen molar-refractivity contribution >= 4 is 17.8 Å². The number of aliphatic imine (C=N–C) groups is 1. The summed E-state index contributed by atoms with van der Waals surface area (Å²) in [6, 6.07) is 2.93. The highest BCUT2D eigenvalue weighted by molar-refractivity contribution is 6.02. The molecule has 7 nitrogen and oxygen atoms in total. The highest BCUT2D eigenvalue weighted by Gasteiger charge is 2.11. The second-order valence-corrected chi connectivity index (χ2v) is 2.99. The summed E-state index contributed by atoms with van der Waals surface area (Å²) in [6.45, 7) is 2.31. The van der Waals surface area contributed by atoms with Crippen LogP contribution in [0.5, 0.6) is 0 Å². The molecule has 1 heterocycles. The van der Waals surface area contributed by atoms with E-state index in [1.807, 2.05) is 0 Å². The number of H-pyrrole nitrogens is 1. The lowest BCUT2D eigenvalue weighted by atomic mass is 10.4. The molecule has 0 aliphatic rings. The molecule has 0 spiro atoms. The van der Waals surface area contributed by atoms with Crippen molar-refractivity contribution in [2.24, 2.45) is 16.5 Å². The molecule has 86 valence electrons. The van der Waals surface area contributed by atoms with Gasteiger partial charge in [0.25, 0.3) is 11.8 Å². The third kappa shape index (κ3) is 2.84. The maximum Gasteiger partial charge on any atom is 0.296 e. The van der Waals surface area contributed by atoms with Gasteiger partial charge < -0.3 is 21.8 Å². The van der Waals surface area contributed by atoms with Crippen molar-refractivity contribution in [2.45, 2.75) is 6.92 Å². The van der Waals surface area contributed by atoms with Gasteiger partial charge in [-0.05, 0) is 19.1 Å². The SMILES string of the molecule is CCNC(=O)c1ccc(C(=O)N=C(N)N)[nH]1. The van der Waals surface area contributed by atoms with Crippen LogP contribution in [-0.2, 0) is 0 Å². The first kappa shape index (κ1) is 11.8. The number of aromatic nitrogens is 1. The largest absolute Gasteiger partial charge is 0.370 e. The minimum Gasteiger partial charge on any atom is -0.370 e. The molecule has 0 atom stereocenters. The van der Waals surface area contributed by atoms with Gasteiger partial charge in [0.1, 0.15) is 11.4 Å². The number of rotatable bonds is 3. The van der Waals surface area contributed by atoms with Crippen LogP contribution in [0, 0.1) is 0 Å². The molecular formula is C9H13N5O2. The number of carbonyl (C=O) groups is 2. The fourth-order valence-corrected chi connectivity index (χ4v) is 1.09. The summed E-state index contributed by atoms with van der Waals surface area (Å²) in [4.78, 5) is 28.7. The van der Waals surface area contributed by atoms with Gasteiger partial charge in [-0.15, -0.1) is 0 Å². The fourth-order valence-electron chi connectivity index (χ4n) is 1.09. The van der Waals surface area contributed by atoms with Gasteiger partial charge in [0.05, 0.1) is 0 Å². The van der Waals surface area contributed by atoms with Crippen LogP contribution in [0.1, 0.15) is 27.9 Å². The average molecular weight is 223 g/mol. The predicted molar refractivity (Wildman–Crippen MR) is 58.9 cm³/mol. The van der Waals surface area contributed by atoms with Gasteiger partial charge in [0, 0.05) is 6.54 Å². The van der Waals surface area contributed by atoms with E-state index in [0.29, 0.717) is 6.54 Å². The zero-order chi connectivity index (χ0) is 12.1. The van der Waals surface area contributed by atoms with Crippen LogP contribution in [0.15, 0.2) is 17.1 Å². The number of nitrogens with zero attached hydrogens (tertiary/aromatic N) is 1. The van der Waals surface area contributed by atoms with Crippen molar-refractivity contribution in [3.63, 3.8) is 0 Å². The van der Waals surface area contributed by atoms with Gasteiger partial charge in [-0.1, -0.05) is 0 Å². The van der Waals surface area contributed by atoms with Gasteiger partial charge in [-0.3, -0.25) is 9.59 Å². The summed E-state index contributed by atoms with van der Waals surface area (Å²) in [5.74, 6) is -1.22. The summed E-state index contributed by atoms with van der Waals surface area (Å²) in [5, 5.41) is 2.59. The number of nitrogens with one attached hydrogen (secondary N) is 2.